The van der Waals surface area contributed by atoms with E-state index >= 15 is 0 Å². The Morgan fingerprint density at radius 1 is 1.07 bits per heavy atom. The van der Waals surface area contributed by atoms with Gasteiger partial charge in [0.05, 0.1) is 24.6 Å². The lowest BCUT2D eigenvalue weighted by atomic mass is 9.57. The lowest BCUT2D eigenvalue weighted by Gasteiger charge is -2.54. The van der Waals surface area contributed by atoms with Crippen LogP contribution in [0.25, 0.3) is 11.0 Å². The second kappa shape index (κ2) is 9.51. The molecule has 40 heavy (non-hydrogen) atoms. The Kier molecular flexibility index (Phi) is 6.16. The molecule has 0 spiro atoms. The number of nitrogens with one attached hydrogen (secondary N) is 2. The summed E-state index contributed by atoms with van der Waals surface area (Å²) in [4.78, 5) is 24.9. The van der Waals surface area contributed by atoms with Crippen LogP contribution >= 0.6 is 0 Å². The molecule has 4 fully saturated rings. The maximum atomic E-state index is 12.9. The fourth-order valence-corrected chi connectivity index (χ4v) is 7.71. The molecule has 2 aliphatic heterocycles. The van der Waals surface area contributed by atoms with E-state index in [2.05, 4.69) is 37.2 Å². The van der Waals surface area contributed by atoms with Crippen molar-refractivity contribution in [3.63, 3.8) is 0 Å². The van der Waals surface area contributed by atoms with E-state index in [1.807, 2.05) is 25.6 Å². The van der Waals surface area contributed by atoms with Crippen LogP contribution in [0, 0.1) is 26.2 Å². The van der Waals surface area contributed by atoms with Crippen molar-refractivity contribution in [3.8, 4) is 0 Å². The first-order chi connectivity index (χ1) is 19.2. The molecule has 2 bridgehead atoms. The van der Waals surface area contributed by atoms with Crippen molar-refractivity contribution in [2.45, 2.75) is 90.4 Å². The monoisotopic (exact) mass is 547 g/mol. The minimum absolute atomic E-state index is 0.0525. The molecule has 3 aromatic rings. The first kappa shape index (κ1) is 25.9. The number of fused-ring (bicyclic) bond motifs is 5. The Labute approximate surface area is 235 Å². The van der Waals surface area contributed by atoms with E-state index < -0.39 is 0 Å². The molecule has 1 saturated heterocycles. The van der Waals surface area contributed by atoms with Crippen molar-refractivity contribution in [2.24, 2.45) is 12.5 Å². The number of carbonyl (C=O) groups excluding carboxylic acids is 1. The van der Waals surface area contributed by atoms with Crippen LogP contribution in [-0.4, -0.2) is 73.3 Å². The Morgan fingerprint density at radius 2 is 1.85 bits per heavy atom. The molecule has 11 heteroatoms. The number of ether oxygens (including phenoxy) is 1. The third-order valence-electron chi connectivity index (χ3n) is 10.1. The fourth-order valence-electron chi connectivity index (χ4n) is 7.71. The molecule has 1 atom stereocenters. The van der Waals surface area contributed by atoms with Gasteiger partial charge in [0.2, 0.25) is 5.91 Å². The van der Waals surface area contributed by atoms with Crippen molar-refractivity contribution in [2.75, 3.05) is 31.2 Å². The van der Waals surface area contributed by atoms with Crippen LogP contribution in [0.2, 0.25) is 0 Å². The maximum Gasteiger partial charge on any atom is 0.239 e. The summed E-state index contributed by atoms with van der Waals surface area (Å²) in [5.41, 5.74) is 6.93. The van der Waals surface area contributed by atoms with Gasteiger partial charge in [0.1, 0.15) is 22.9 Å². The topological polar surface area (TPSA) is 115 Å². The summed E-state index contributed by atoms with van der Waals surface area (Å²) in [6.07, 6.45) is 7.52. The third kappa shape index (κ3) is 4.29. The highest BCUT2D eigenvalue weighted by molar-refractivity contribution is 5.88. The van der Waals surface area contributed by atoms with Crippen molar-refractivity contribution < 1.29 is 9.53 Å². The number of nitrogens with zero attached hydrogens (tertiary/aromatic N) is 7. The molecule has 3 aliphatic carbocycles. The highest BCUT2D eigenvalue weighted by Gasteiger charge is 2.50. The number of aryl methyl sites for hydroxylation is 4. The predicted molar refractivity (Wildman–Crippen MR) is 151 cm³/mol. The van der Waals surface area contributed by atoms with Crippen molar-refractivity contribution in [1.82, 2.24) is 40.2 Å². The Bertz CT molecular complexity index is 1440. The van der Waals surface area contributed by atoms with E-state index in [1.54, 1.807) is 0 Å². The summed E-state index contributed by atoms with van der Waals surface area (Å²) < 4.78 is 9.76. The van der Waals surface area contributed by atoms with Gasteiger partial charge in [-0.3, -0.25) is 14.2 Å². The van der Waals surface area contributed by atoms with Gasteiger partial charge < -0.3 is 20.3 Å². The van der Waals surface area contributed by atoms with Gasteiger partial charge in [0, 0.05) is 56.4 Å². The molecule has 5 aliphatic rings. The van der Waals surface area contributed by atoms with Gasteiger partial charge in [-0.1, -0.05) is 0 Å². The minimum atomic E-state index is -0.223. The van der Waals surface area contributed by atoms with Crippen LogP contribution in [0.5, 0.6) is 0 Å². The summed E-state index contributed by atoms with van der Waals surface area (Å²) in [5, 5.41) is 16.5. The van der Waals surface area contributed by atoms with E-state index in [0.717, 1.165) is 105 Å². The first-order valence-electron chi connectivity index (χ1n) is 14.9. The standard InChI is InChI=1S/C29H41N9O2/c1-18-21-15-37(26-25-24(31-20(3)32-26)19(2)34-36(25)4)13-5-23(21)38(35-18)17-28-6-9-29(10-7-28,11-8-28)33-27(39)22-16-40-14-12-30-22/h22,30H,5-17H2,1-4H3,(H,33,39)/t22-,28?,29?/m0/s1. The van der Waals surface area contributed by atoms with Gasteiger partial charge in [0.15, 0.2) is 5.82 Å². The summed E-state index contributed by atoms with van der Waals surface area (Å²) in [7, 11) is 1.98. The average Bonchev–Trinajstić information content (AvgIpc) is 3.43. The number of aromatic nitrogens is 6. The van der Waals surface area contributed by atoms with Crippen molar-refractivity contribution >= 4 is 22.8 Å². The van der Waals surface area contributed by atoms with E-state index in [1.165, 1.54) is 11.3 Å². The maximum absolute atomic E-state index is 12.9. The molecule has 0 radical (unpaired) electrons. The number of carbonyl (C=O) groups is 1. The van der Waals surface area contributed by atoms with Crippen LogP contribution in [-0.2, 0) is 36.1 Å². The highest BCUT2D eigenvalue weighted by Crippen LogP contribution is 2.53. The molecule has 5 heterocycles. The first-order valence-corrected chi connectivity index (χ1v) is 14.9. The molecule has 3 aromatic heterocycles. The van der Waals surface area contributed by atoms with Gasteiger partial charge >= 0.3 is 0 Å². The molecular weight excluding hydrogens is 506 g/mol. The number of hydrogen-bond acceptors (Lipinski definition) is 8. The fraction of sp³-hybridized carbons (Fsp3) is 0.690. The quantitative estimate of drug-likeness (QED) is 0.500. The number of amides is 1. The third-order valence-corrected chi connectivity index (χ3v) is 10.1. The van der Waals surface area contributed by atoms with E-state index in [9.17, 15) is 4.79 Å². The second-order valence-electron chi connectivity index (χ2n) is 12.7. The molecular formula is C29H41N9O2. The predicted octanol–water partition coefficient (Wildman–Crippen LogP) is 2.25. The molecule has 0 aromatic carbocycles. The lowest BCUT2D eigenvalue weighted by Crippen LogP contribution is -2.62. The van der Waals surface area contributed by atoms with Gasteiger partial charge in [-0.2, -0.15) is 10.2 Å². The Balaban J connectivity index is 1.07. The molecule has 214 valence electrons. The SMILES string of the molecule is Cc1nc(N2CCc3c(c(C)nn3CC34CCC(NC(=O)[C@@H]5COCCN5)(CC3)CC4)C2)c2c(n1)c(C)nn2C. The summed E-state index contributed by atoms with van der Waals surface area (Å²) in [5.74, 6) is 1.85. The number of hydrogen-bond donors (Lipinski definition) is 2. The van der Waals surface area contributed by atoms with E-state index in [4.69, 9.17) is 14.8 Å². The largest absolute Gasteiger partial charge is 0.378 e. The zero-order valence-electron chi connectivity index (χ0n) is 24.2. The summed E-state index contributed by atoms with van der Waals surface area (Å²) in [6.45, 7) is 10.7. The smallest absolute Gasteiger partial charge is 0.239 e. The van der Waals surface area contributed by atoms with Gasteiger partial charge in [-0.25, -0.2) is 9.97 Å². The van der Waals surface area contributed by atoms with Crippen LogP contribution in [0.15, 0.2) is 0 Å². The molecule has 3 saturated carbocycles. The van der Waals surface area contributed by atoms with Gasteiger partial charge in [-0.05, 0) is 64.7 Å². The zero-order chi connectivity index (χ0) is 27.6. The van der Waals surface area contributed by atoms with Crippen molar-refractivity contribution in [3.05, 3.63) is 28.5 Å². The highest BCUT2D eigenvalue weighted by atomic mass is 16.5. The molecule has 0 unspecified atom stereocenters. The normalized spacial score (nSPS) is 28.2. The molecule has 11 nitrogen and oxygen atoms in total. The number of rotatable bonds is 5. The summed E-state index contributed by atoms with van der Waals surface area (Å²) in [6, 6.07) is -0.223. The van der Waals surface area contributed by atoms with Crippen LogP contribution in [0.3, 0.4) is 0 Å². The minimum Gasteiger partial charge on any atom is -0.378 e. The molecule has 2 N–H and O–H groups in total. The van der Waals surface area contributed by atoms with Crippen molar-refractivity contribution in [1.29, 1.82) is 0 Å². The zero-order valence-corrected chi connectivity index (χ0v) is 24.2. The molecule has 1 amide bonds. The lowest BCUT2D eigenvalue weighted by molar-refractivity contribution is -0.130. The van der Waals surface area contributed by atoms with Gasteiger partial charge in [0.25, 0.3) is 0 Å². The Hall–Kier alpha value is -3.05. The van der Waals surface area contributed by atoms with Crippen LogP contribution in [0.4, 0.5) is 5.82 Å². The average molecular weight is 548 g/mol. The Morgan fingerprint density at radius 3 is 2.58 bits per heavy atom. The van der Waals surface area contributed by atoms with E-state index in [-0.39, 0.29) is 22.9 Å². The molecule has 8 rings (SSSR count). The van der Waals surface area contributed by atoms with E-state index in [0.29, 0.717) is 13.2 Å². The second-order valence-corrected chi connectivity index (χ2v) is 12.7. The number of morpholine rings is 1. The van der Waals surface area contributed by atoms with Crippen LogP contribution < -0.4 is 15.5 Å². The van der Waals surface area contributed by atoms with Crippen LogP contribution in [0.1, 0.15) is 67.0 Å². The number of anilines is 1. The summed E-state index contributed by atoms with van der Waals surface area (Å²) >= 11 is 0. The van der Waals surface area contributed by atoms with Gasteiger partial charge in [-0.15, -0.1) is 0 Å².